The second kappa shape index (κ2) is 9.01. The molecule has 4 rings (SSSR count). The fourth-order valence-corrected chi connectivity index (χ4v) is 3.79. The van der Waals surface area contributed by atoms with Crippen LogP contribution < -0.4 is 4.74 Å². The maximum Gasteiger partial charge on any atom is 0.176 e. The smallest absolute Gasteiger partial charge is 0.176 e. The van der Waals surface area contributed by atoms with E-state index in [4.69, 9.17) is 4.74 Å². The van der Waals surface area contributed by atoms with E-state index in [1.165, 1.54) is 17.7 Å². The summed E-state index contributed by atoms with van der Waals surface area (Å²) in [4.78, 5) is 14.6. The third kappa shape index (κ3) is 5.09. The number of rotatable bonds is 6. The first-order chi connectivity index (χ1) is 14.2. The van der Waals surface area contributed by atoms with Crippen LogP contribution in [0, 0.1) is 5.82 Å². The minimum atomic E-state index is -0.317. The van der Waals surface area contributed by atoms with Gasteiger partial charge in [0.2, 0.25) is 0 Å². The van der Waals surface area contributed by atoms with Gasteiger partial charge in [0.1, 0.15) is 17.3 Å². The molecule has 3 aromatic carbocycles. The van der Waals surface area contributed by atoms with E-state index in [9.17, 15) is 9.18 Å². The molecule has 3 aromatic rings. The van der Waals surface area contributed by atoms with Crippen molar-refractivity contribution in [2.45, 2.75) is 18.8 Å². The number of piperidine rings is 1. The fourth-order valence-electron chi connectivity index (χ4n) is 3.79. The molecule has 0 spiro atoms. The Morgan fingerprint density at radius 2 is 1.48 bits per heavy atom. The zero-order valence-corrected chi connectivity index (χ0v) is 16.3. The van der Waals surface area contributed by atoms with Gasteiger partial charge in [-0.25, -0.2) is 4.39 Å². The minimum absolute atomic E-state index is 0.0471. The number of halogens is 1. The predicted molar refractivity (Wildman–Crippen MR) is 112 cm³/mol. The number of nitrogens with zero attached hydrogens (tertiary/aromatic N) is 1. The highest BCUT2D eigenvalue weighted by atomic mass is 19.1. The van der Waals surface area contributed by atoms with Crippen LogP contribution >= 0.6 is 0 Å². The van der Waals surface area contributed by atoms with Crippen molar-refractivity contribution in [3.8, 4) is 11.5 Å². The van der Waals surface area contributed by atoms with Crippen molar-refractivity contribution in [3.63, 3.8) is 0 Å². The number of likely N-dealkylation sites (tertiary alicyclic amines) is 1. The molecule has 4 heteroatoms. The quantitative estimate of drug-likeness (QED) is 0.508. The first-order valence-corrected chi connectivity index (χ1v) is 10.0. The standard InChI is InChI=1S/C25H24FNO2/c26-22-10-6-21(7-11-22)25(28)18-27-16-14-20(15-17-27)19-8-12-24(13-9-19)29-23-4-2-1-3-5-23/h1-13,20H,14-18H2. The van der Waals surface area contributed by atoms with Crippen LogP contribution in [0.5, 0.6) is 11.5 Å². The summed E-state index contributed by atoms with van der Waals surface area (Å²) in [5.41, 5.74) is 1.89. The SMILES string of the molecule is O=C(CN1CCC(c2ccc(Oc3ccccc3)cc2)CC1)c1ccc(F)cc1. The molecule has 1 aliphatic rings. The third-order valence-electron chi connectivity index (χ3n) is 5.45. The highest BCUT2D eigenvalue weighted by Crippen LogP contribution is 2.30. The molecule has 0 radical (unpaired) electrons. The van der Waals surface area contributed by atoms with Gasteiger partial charge < -0.3 is 4.74 Å². The van der Waals surface area contributed by atoms with E-state index in [-0.39, 0.29) is 11.6 Å². The lowest BCUT2D eigenvalue weighted by Gasteiger charge is -2.31. The molecule has 29 heavy (non-hydrogen) atoms. The Hall–Kier alpha value is -2.98. The maximum atomic E-state index is 13.0. The van der Waals surface area contributed by atoms with Gasteiger partial charge in [0.25, 0.3) is 0 Å². The zero-order valence-electron chi connectivity index (χ0n) is 16.3. The van der Waals surface area contributed by atoms with Gasteiger partial charge in [-0.15, -0.1) is 0 Å². The van der Waals surface area contributed by atoms with Crippen molar-refractivity contribution < 1.29 is 13.9 Å². The molecule has 0 atom stereocenters. The zero-order chi connectivity index (χ0) is 20.1. The van der Waals surface area contributed by atoms with Crippen molar-refractivity contribution >= 4 is 5.78 Å². The van der Waals surface area contributed by atoms with E-state index in [0.29, 0.717) is 18.0 Å². The van der Waals surface area contributed by atoms with Crippen molar-refractivity contribution in [3.05, 3.63) is 95.8 Å². The van der Waals surface area contributed by atoms with Crippen LogP contribution in [-0.4, -0.2) is 30.3 Å². The van der Waals surface area contributed by atoms with Crippen molar-refractivity contribution in [2.75, 3.05) is 19.6 Å². The maximum absolute atomic E-state index is 13.0. The molecule has 0 aromatic heterocycles. The largest absolute Gasteiger partial charge is 0.457 e. The van der Waals surface area contributed by atoms with Crippen molar-refractivity contribution in [2.24, 2.45) is 0 Å². The second-order valence-electron chi connectivity index (χ2n) is 7.46. The Labute approximate surface area is 170 Å². The Morgan fingerprint density at radius 3 is 2.14 bits per heavy atom. The van der Waals surface area contributed by atoms with Crippen LogP contribution in [0.15, 0.2) is 78.9 Å². The molecule has 1 heterocycles. The average molecular weight is 389 g/mol. The lowest BCUT2D eigenvalue weighted by molar-refractivity contribution is 0.0909. The summed E-state index contributed by atoms with van der Waals surface area (Å²) in [6.07, 6.45) is 2.05. The van der Waals surface area contributed by atoms with Gasteiger partial charge in [0, 0.05) is 5.56 Å². The lowest BCUT2D eigenvalue weighted by atomic mass is 9.89. The van der Waals surface area contributed by atoms with Gasteiger partial charge in [-0.1, -0.05) is 30.3 Å². The van der Waals surface area contributed by atoms with E-state index in [1.807, 2.05) is 42.5 Å². The Morgan fingerprint density at radius 1 is 0.862 bits per heavy atom. The number of Topliss-reactive ketones (excluding diaryl/α,β-unsaturated/α-hetero) is 1. The van der Waals surface area contributed by atoms with Crippen LogP contribution in [0.4, 0.5) is 4.39 Å². The molecule has 1 fully saturated rings. The summed E-state index contributed by atoms with van der Waals surface area (Å²) in [5, 5.41) is 0. The number of ketones is 1. The number of benzene rings is 3. The molecule has 0 aliphatic carbocycles. The van der Waals surface area contributed by atoms with E-state index in [2.05, 4.69) is 17.0 Å². The molecular formula is C25H24FNO2. The third-order valence-corrected chi connectivity index (χ3v) is 5.45. The molecule has 0 saturated carbocycles. The first-order valence-electron chi connectivity index (χ1n) is 10.0. The van der Waals surface area contributed by atoms with Crippen LogP contribution in [-0.2, 0) is 0 Å². The van der Waals surface area contributed by atoms with Gasteiger partial charge in [0.15, 0.2) is 5.78 Å². The average Bonchev–Trinajstić information content (AvgIpc) is 2.76. The highest BCUT2D eigenvalue weighted by molar-refractivity contribution is 5.97. The van der Waals surface area contributed by atoms with Gasteiger partial charge in [-0.3, -0.25) is 9.69 Å². The number of para-hydroxylation sites is 1. The Bertz CT molecular complexity index is 931. The number of carbonyl (C=O) groups excluding carboxylic acids is 1. The highest BCUT2D eigenvalue weighted by Gasteiger charge is 2.22. The van der Waals surface area contributed by atoms with Gasteiger partial charge in [0.05, 0.1) is 6.54 Å². The Balaban J connectivity index is 1.29. The number of hydrogen-bond acceptors (Lipinski definition) is 3. The molecule has 1 aliphatic heterocycles. The molecule has 0 N–H and O–H groups in total. The summed E-state index contributed by atoms with van der Waals surface area (Å²) in [7, 11) is 0. The second-order valence-corrected chi connectivity index (χ2v) is 7.46. The van der Waals surface area contributed by atoms with Crippen molar-refractivity contribution in [1.82, 2.24) is 4.90 Å². The molecule has 3 nitrogen and oxygen atoms in total. The molecule has 0 amide bonds. The van der Waals surface area contributed by atoms with Crippen LogP contribution in [0.2, 0.25) is 0 Å². The van der Waals surface area contributed by atoms with Gasteiger partial charge in [-0.05, 0) is 85.9 Å². The summed E-state index contributed by atoms with van der Waals surface area (Å²) >= 11 is 0. The Kier molecular flexibility index (Phi) is 6.01. The monoisotopic (exact) mass is 389 g/mol. The van der Waals surface area contributed by atoms with Gasteiger partial charge in [-0.2, -0.15) is 0 Å². The first kappa shape index (κ1) is 19.3. The van der Waals surface area contributed by atoms with Gasteiger partial charge >= 0.3 is 0 Å². The summed E-state index contributed by atoms with van der Waals surface area (Å²) in [5.74, 6) is 1.90. The fraction of sp³-hybridized carbons (Fsp3) is 0.240. The van der Waals surface area contributed by atoms with E-state index >= 15 is 0 Å². The summed E-state index contributed by atoms with van der Waals surface area (Å²) in [6.45, 7) is 2.17. The topological polar surface area (TPSA) is 29.5 Å². The molecule has 0 bridgehead atoms. The van der Waals surface area contributed by atoms with E-state index < -0.39 is 0 Å². The number of ether oxygens (including phenoxy) is 1. The molecular weight excluding hydrogens is 365 g/mol. The van der Waals surface area contributed by atoms with Crippen molar-refractivity contribution in [1.29, 1.82) is 0 Å². The van der Waals surface area contributed by atoms with E-state index in [1.54, 1.807) is 12.1 Å². The van der Waals surface area contributed by atoms with Crippen LogP contribution in [0.3, 0.4) is 0 Å². The molecule has 148 valence electrons. The molecule has 0 unspecified atom stereocenters. The minimum Gasteiger partial charge on any atom is -0.457 e. The normalized spacial score (nSPS) is 15.2. The summed E-state index contributed by atoms with van der Waals surface area (Å²) in [6, 6.07) is 23.9. The lowest BCUT2D eigenvalue weighted by Crippen LogP contribution is -2.36. The molecule has 1 saturated heterocycles. The van der Waals surface area contributed by atoms with E-state index in [0.717, 1.165) is 37.4 Å². The predicted octanol–water partition coefficient (Wildman–Crippen LogP) is 5.68. The number of hydrogen-bond donors (Lipinski definition) is 0. The van der Waals surface area contributed by atoms with Crippen LogP contribution in [0.1, 0.15) is 34.7 Å². The van der Waals surface area contributed by atoms with Crippen LogP contribution in [0.25, 0.3) is 0 Å². The number of carbonyl (C=O) groups is 1. The summed E-state index contributed by atoms with van der Waals surface area (Å²) < 4.78 is 18.9.